The maximum atomic E-state index is 12.3. The normalized spacial score (nSPS) is 25.8. The summed E-state index contributed by atoms with van der Waals surface area (Å²) >= 11 is 0. The van der Waals surface area contributed by atoms with E-state index in [2.05, 4.69) is 5.32 Å². The number of nitrogens with zero attached hydrogens (tertiary/aromatic N) is 1. The molecule has 2 unspecified atom stereocenters. The van der Waals surface area contributed by atoms with E-state index >= 15 is 0 Å². The van der Waals surface area contributed by atoms with Gasteiger partial charge in [0.2, 0.25) is 6.04 Å². The maximum absolute atomic E-state index is 12.3. The molecule has 6 heteroatoms. The summed E-state index contributed by atoms with van der Waals surface area (Å²) in [6.07, 6.45) is 1.52. The van der Waals surface area contributed by atoms with Gasteiger partial charge in [0.05, 0.1) is 0 Å². The van der Waals surface area contributed by atoms with E-state index in [1.165, 1.54) is 0 Å². The number of hydrogen-bond acceptors (Lipinski definition) is 5. The Morgan fingerprint density at radius 2 is 2.17 bits per heavy atom. The summed E-state index contributed by atoms with van der Waals surface area (Å²) in [7, 11) is 0. The molecule has 1 N–H and O–H groups in total. The Balaban J connectivity index is 3.00. The first kappa shape index (κ1) is 14.9. The number of nitrogens with one attached hydrogen (secondary N) is 1. The quantitative estimate of drug-likeness (QED) is 0.469. The molecule has 0 aromatic heterocycles. The van der Waals surface area contributed by atoms with Crippen LogP contribution in [0.4, 0.5) is 0 Å². The molecule has 0 amide bonds. The van der Waals surface area contributed by atoms with Gasteiger partial charge >= 0.3 is 5.97 Å². The van der Waals surface area contributed by atoms with Gasteiger partial charge in [-0.1, -0.05) is 6.92 Å². The van der Waals surface area contributed by atoms with Crippen molar-refractivity contribution in [3.63, 3.8) is 0 Å². The minimum Gasteiger partial charge on any atom is -0.458 e. The van der Waals surface area contributed by atoms with Crippen molar-refractivity contribution >= 4 is 5.97 Å². The molecule has 0 spiro atoms. The molecule has 0 bridgehead atoms. The smallest absolute Gasteiger partial charge is 0.334 e. The highest BCUT2D eigenvalue weighted by molar-refractivity contribution is 5.82. The van der Waals surface area contributed by atoms with E-state index in [4.69, 9.17) is 4.74 Å². The molecular weight excluding hydrogens is 236 g/mol. The number of rotatable bonds is 4. The fraction of sp³-hybridized carbons (Fsp3) is 0.917. The lowest BCUT2D eigenvalue weighted by Crippen LogP contribution is -2.60. The van der Waals surface area contributed by atoms with Gasteiger partial charge in [0.25, 0.3) is 0 Å². The summed E-state index contributed by atoms with van der Waals surface area (Å²) in [6, 6.07) is -0.935. The van der Waals surface area contributed by atoms with Crippen molar-refractivity contribution in [2.75, 3.05) is 6.54 Å². The van der Waals surface area contributed by atoms with Gasteiger partial charge in [-0.25, -0.2) is 4.79 Å². The lowest BCUT2D eigenvalue weighted by Gasteiger charge is -2.32. The largest absolute Gasteiger partial charge is 0.458 e. The average molecular weight is 258 g/mol. The van der Waals surface area contributed by atoms with Gasteiger partial charge < -0.3 is 4.74 Å². The molecule has 0 aromatic rings. The van der Waals surface area contributed by atoms with E-state index in [9.17, 15) is 14.9 Å². The van der Waals surface area contributed by atoms with Crippen molar-refractivity contribution in [2.24, 2.45) is 0 Å². The summed E-state index contributed by atoms with van der Waals surface area (Å²) in [5.74, 6) is -0.504. The van der Waals surface area contributed by atoms with Crippen molar-refractivity contribution in [1.29, 1.82) is 0 Å². The third kappa shape index (κ3) is 2.98. The van der Waals surface area contributed by atoms with Gasteiger partial charge in [-0.05, 0) is 40.2 Å². The van der Waals surface area contributed by atoms with Crippen LogP contribution in [0, 0.1) is 10.1 Å². The molecule has 2 atom stereocenters. The summed E-state index contributed by atoms with van der Waals surface area (Å²) < 4.78 is 5.35. The molecule has 0 aliphatic carbocycles. The molecule has 1 heterocycles. The first-order chi connectivity index (χ1) is 8.23. The van der Waals surface area contributed by atoms with Gasteiger partial charge in [0.15, 0.2) is 5.54 Å². The molecule has 0 aromatic carbocycles. The lowest BCUT2D eigenvalue weighted by molar-refractivity contribution is -0.532. The molecule has 6 nitrogen and oxygen atoms in total. The van der Waals surface area contributed by atoms with Crippen molar-refractivity contribution in [3.05, 3.63) is 10.1 Å². The molecule has 1 fully saturated rings. The van der Waals surface area contributed by atoms with Gasteiger partial charge in [-0.3, -0.25) is 15.4 Å². The Kier molecular flexibility index (Phi) is 4.32. The fourth-order valence-electron chi connectivity index (χ4n) is 2.41. The number of nitro groups is 1. The molecular formula is C12H22N2O4. The number of carbonyl (C=O) groups is 1. The van der Waals surface area contributed by atoms with Gasteiger partial charge in [0.1, 0.15) is 5.60 Å². The fourth-order valence-corrected chi connectivity index (χ4v) is 2.41. The van der Waals surface area contributed by atoms with Gasteiger partial charge in [-0.2, -0.15) is 0 Å². The van der Waals surface area contributed by atoms with Crippen LogP contribution >= 0.6 is 0 Å². The van der Waals surface area contributed by atoms with E-state index in [1.807, 2.05) is 0 Å². The number of ether oxygens (including phenoxy) is 1. The van der Waals surface area contributed by atoms with Crippen LogP contribution in [0.5, 0.6) is 0 Å². The third-order valence-electron chi connectivity index (χ3n) is 3.16. The van der Waals surface area contributed by atoms with Crippen LogP contribution in [0.3, 0.4) is 0 Å². The molecule has 104 valence electrons. The second-order valence-corrected chi connectivity index (χ2v) is 5.71. The minimum absolute atomic E-state index is 0.305. The Morgan fingerprint density at radius 3 is 2.50 bits per heavy atom. The SMILES string of the molecule is CCC([N+](=O)[O-])C1(C(=O)OC(C)(C)C)CCCN1. The number of esters is 1. The zero-order valence-corrected chi connectivity index (χ0v) is 11.5. The van der Waals surface area contributed by atoms with E-state index in [0.717, 1.165) is 6.42 Å². The molecule has 1 aliphatic heterocycles. The Labute approximate surface area is 107 Å². The highest BCUT2D eigenvalue weighted by atomic mass is 16.6. The summed E-state index contributed by atoms with van der Waals surface area (Å²) in [5, 5.41) is 14.2. The van der Waals surface area contributed by atoms with E-state index in [1.54, 1.807) is 27.7 Å². The van der Waals surface area contributed by atoms with Crippen LogP contribution in [0.2, 0.25) is 0 Å². The Morgan fingerprint density at radius 1 is 1.56 bits per heavy atom. The van der Waals surface area contributed by atoms with Crippen molar-refractivity contribution < 1.29 is 14.5 Å². The van der Waals surface area contributed by atoms with Crippen LogP contribution in [0.25, 0.3) is 0 Å². The van der Waals surface area contributed by atoms with Crippen LogP contribution in [0.1, 0.15) is 47.0 Å². The summed E-state index contributed by atoms with van der Waals surface area (Å²) in [5.41, 5.74) is -1.80. The zero-order valence-electron chi connectivity index (χ0n) is 11.5. The third-order valence-corrected chi connectivity index (χ3v) is 3.16. The molecule has 0 saturated carbocycles. The predicted molar refractivity (Wildman–Crippen MR) is 66.9 cm³/mol. The molecule has 1 aliphatic rings. The molecule has 1 saturated heterocycles. The van der Waals surface area contributed by atoms with E-state index in [0.29, 0.717) is 19.4 Å². The first-order valence-corrected chi connectivity index (χ1v) is 6.35. The van der Waals surface area contributed by atoms with Crippen LogP contribution < -0.4 is 5.32 Å². The van der Waals surface area contributed by atoms with E-state index in [-0.39, 0.29) is 4.92 Å². The van der Waals surface area contributed by atoms with Crippen molar-refractivity contribution in [3.8, 4) is 0 Å². The Hall–Kier alpha value is -1.17. The second kappa shape index (κ2) is 5.22. The second-order valence-electron chi connectivity index (χ2n) is 5.71. The topological polar surface area (TPSA) is 81.5 Å². The number of hydrogen-bond donors (Lipinski definition) is 1. The lowest BCUT2D eigenvalue weighted by atomic mass is 9.87. The van der Waals surface area contributed by atoms with Gasteiger partial charge in [0, 0.05) is 11.3 Å². The van der Waals surface area contributed by atoms with Crippen LogP contribution in [-0.4, -0.2) is 34.6 Å². The van der Waals surface area contributed by atoms with Crippen molar-refractivity contribution in [2.45, 2.75) is 64.1 Å². The van der Waals surface area contributed by atoms with Crippen molar-refractivity contribution in [1.82, 2.24) is 5.32 Å². The molecule has 0 radical (unpaired) electrons. The van der Waals surface area contributed by atoms with Gasteiger partial charge in [-0.15, -0.1) is 0 Å². The highest BCUT2D eigenvalue weighted by Crippen LogP contribution is 2.30. The monoisotopic (exact) mass is 258 g/mol. The first-order valence-electron chi connectivity index (χ1n) is 6.35. The minimum atomic E-state index is -1.16. The van der Waals surface area contributed by atoms with E-state index < -0.39 is 23.2 Å². The summed E-state index contributed by atoms with van der Waals surface area (Å²) in [6.45, 7) is 7.63. The Bertz CT molecular complexity index is 329. The molecule has 1 rings (SSSR count). The maximum Gasteiger partial charge on any atom is 0.334 e. The zero-order chi connectivity index (χ0) is 14.0. The average Bonchev–Trinajstić information content (AvgIpc) is 2.65. The summed E-state index contributed by atoms with van der Waals surface area (Å²) in [4.78, 5) is 23.1. The standard InChI is InChI=1S/C12H22N2O4/c1-5-9(14(16)17)12(7-6-8-13-12)10(15)18-11(2,3)4/h9,13H,5-8H2,1-4H3. The molecule has 18 heavy (non-hydrogen) atoms. The van der Waals surface area contributed by atoms with Crippen LogP contribution in [-0.2, 0) is 9.53 Å². The number of carbonyl (C=O) groups excluding carboxylic acids is 1. The van der Waals surface area contributed by atoms with Crippen LogP contribution in [0.15, 0.2) is 0 Å². The predicted octanol–water partition coefficient (Wildman–Crippen LogP) is 1.51. The highest BCUT2D eigenvalue weighted by Gasteiger charge is 2.55.